The summed E-state index contributed by atoms with van der Waals surface area (Å²) in [5, 5.41) is 7.46. The maximum atomic E-state index is 7.46. The highest BCUT2D eigenvalue weighted by atomic mass is 35.5. The van der Waals surface area contributed by atoms with Gasteiger partial charge in [-0.25, -0.2) is 0 Å². The van der Waals surface area contributed by atoms with Gasteiger partial charge < -0.3 is 5.41 Å². The highest BCUT2D eigenvalue weighted by Gasteiger charge is 1.92. The third-order valence-electron chi connectivity index (χ3n) is 1.54. The molecule has 1 nitrogen and oxygen atoms in total. The average molecular weight is 174 g/mol. The number of hydrogen-bond donors (Lipinski definition) is 1. The zero-order chi connectivity index (χ0) is 8.53. The van der Waals surface area contributed by atoms with E-state index in [1.807, 2.05) is 6.08 Å². The van der Waals surface area contributed by atoms with Crippen LogP contribution in [0.25, 0.3) is 0 Å². The van der Waals surface area contributed by atoms with Crippen molar-refractivity contribution in [2.75, 3.05) is 0 Å². The predicted molar refractivity (Wildman–Crippen MR) is 51.5 cm³/mol. The van der Waals surface area contributed by atoms with Crippen molar-refractivity contribution in [1.82, 2.24) is 0 Å². The number of rotatable bonds is 6. The number of nitrogens with one attached hydrogen (secondary N) is 1. The van der Waals surface area contributed by atoms with Crippen LogP contribution in [0.15, 0.2) is 11.6 Å². The third-order valence-corrected chi connectivity index (χ3v) is 1.71. The molecule has 2 heteroatoms. The highest BCUT2D eigenvalue weighted by Crippen LogP contribution is 2.02. The first-order valence-electron chi connectivity index (χ1n) is 4.12. The second-order valence-electron chi connectivity index (χ2n) is 2.63. The van der Waals surface area contributed by atoms with Crippen molar-refractivity contribution < 1.29 is 0 Å². The fraction of sp³-hybridized carbons (Fsp3) is 0.667. The molecule has 1 N–H and O–H groups in total. The van der Waals surface area contributed by atoms with E-state index >= 15 is 0 Å². The molecule has 0 aliphatic rings. The Morgan fingerprint density at radius 3 is 2.73 bits per heavy atom. The summed E-state index contributed by atoms with van der Waals surface area (Å²) >= 11 is 5.33. The topological polar surface area (TPSA) is 23.9 Å². The van der Waals surface area contributed by atoms with Crippen LogP contribution in [0.1, 0.15) is 39.0 Å². The van der Waals surface area contributed by atoms with E-state index in [1.54, 1.807) is 0 Å². The summed E-state index contributed by atoms with van der Waals surface area (Å²) in [6, 6.07) is 0. The molecule has 11 heavy (non-hydrogen) atoms. The molecule has 0 aromatic heterocycles. The Bertz CT molecular complexity index is 130. The van der Waals surface area contributed by atoms with Crippen molar-refractivity contribution in [2.45, 2.75) is 39.0 Å². The van der Waals surface area contributed by atoms with Crippen LogP contribution in [0.4, 0.5) is 0 Å². The minimum Gasteiger partial charge on any atom is -0.309 e. The first-order valence-corrected chi connectivity index (χ1v) is 4.56. The monoisotopic (exact) mass is 173 g/mol. The van der Waals surface area contributed by atoms with Gasteiger partial charge >= 0.3 is 0 Å². The summed E-state index contributed by atoms with van der Waals surface area (Å²) in [4.78, 5) is 0. The molecule has 0 unspecified atom stereocenters. The molecule has 0 bridgehead atoms. The van der Waals surface area contributed by atoms with Gasteiger partial charge in [0.15, 0.2) is 0 Å². The van der Waals surface area contributed by atoms with Gasteiger partial charge in [-0.05, 0) is 12.8 Å². The van der Waals surface area contributed by atoms with Crippen molar-refractivity contribution in [3.8, 4) is 0 Å². The lowest BCUT2D eigenvalue weighted by Crippen LogP contribution is -1.93. The molecule has 0 aliphatic heterocycles. The van der Waals surface area contributed by atoms with Gasteiger partial charge in [-0.15, -0.1) is 0 Å². The first-order chi connectivity index (χ1) is 5.31. The summed E-state index contributed by atoms with van der Waals surface area (Å²) < 4.78 is 0. The Balaban J connectivity index is 3.23. The van der Waals surface area contributed by atoms with Gasteiger partial charge in [0.25, 0.3) is 0 Å². The molecular formula is C9H16ClN. The van der Waals surface area contributed by atoms with E-state index in [9.17, 15) is 0 Å². The average Bonchev–Trinajstić information content (AvgIpc) is 2.01. The van der Waals surface area contributed by atoms with E-state index in [-0.39, 0.29) is 0 Å². The van der Waals surface area contributed by atoms with Gasteiger partial charge in [-0.3, -0.25) is 0 Å². The predicted octanol–water partition coefficient (Wildman–Crippen LogP) is 3.73. The van der Waals surface area contributed by atoms with E-state index in [1.165, 1.54) is 18.4 Å². The van der Waals surface area contributed by atoms with Crippen LogP contribution in [0, 0.1) is 5.41 Å². The number of allylic oxidation sites excluding steroid dienone is 1. The lowest BCUT2D eigenvalue weighted by Gasteiger charge is -1.98. The quantitative estimate of drug-likeness (QED) is 0.468. The molecule has 0 atom stereocenters. The minimum absolute atomic E-state index is 0.715. The van der Waals surface area contributed by atoms with Gasteiger partial charge in [0.2, 0.25) is 0 Å². The van der Waals surface area contributed by atoms with Crippen LogP contribution in [0.3, 0.4) is 0 Å². The first kappa shape index (κ1) is 10.7. The number of hydrogen-bond acceptors (Lipinski definition) is 1. The molecule has 0 aromatic carbocycles. The standard InChI is InChI=1S/C9H16ClN/c1-2-3-4-6-9(11)7-5-8-10/h5,8,11H,2-4,6-7H2,1H3. The van der Waals surface area contributed by atoms with Crippen LogP contribution in [-0.4, -0.2) is 5.71 Å². The van der Waals surface area contributed by atoms with Crippen LogP contribution in [0.2, 0.25) is 0 Å². The number of unbranched alkanes of at least 4 members (excludes halogenated alkanes) is 2. The van der Waals surface area contributed by atoms with Crippen molar-refractivity contribution in [2.24, 2.45) is 0 Å². The normalized spacial score (nSPS) is 10.7. The van der Waals surface area contributed by atoms with Gasteiger partial charge in [-0.1, -0.05) is 37.4 Å². The van der Waals surface area contributed by atoms with E-state index < -0.39 is 0 Å². The molecule has 0 saturated heterocycles. The number of halogens is 1. The molecule has 0 heterocycles. The fourth-order valence-corrected chi connectivity index (χ4v) is 0.966. The Morgan fingerprint density at radius 2 is 2.18 bits per heavy atom. The smallest absolute Gasteiger partial charge is 0.0127 e. The molecule has 0 radical (unpaired) electrons. The summed E-state index contributed by atoms with van der Waals surface area (Å²) in [7, 11) is 0. The van der Waals surface area contributed by atoms with Crippen LogP contribution < -0.4 is 0 Å². The SMILES string of the molecule is CCCCCC(=N)CC=CCl. The third kappa shape index (κ3) is 7.60. The fourth-order valence-electron chi connectivity index (χ4n) is 0.877. The lowest BCUT2D eigenvalue weighted by atomic mass is 10.1. The zero-order valence-electron chi connectivity index (χ0n) is 7.07. The molecule has 0 aliphatic carbocycles. The molecule has 0 amide bonds. The largest absolute Gasteiger partial charge is 0.309 e. The van der Waals surface area contributed by atoms with Crippen LogP contribution in [-0.2, 0) is 0 Å². The Morgan fingerprint density at radius 1 is 1.45 bits per heavy atom. The van der Waals surface area contributed by atoms with E-state index in [0.717, 1.165) is 18.6 Å². The van der Waals surface area contributed by atoms with Crippen molar-refractivity contribution >= 4 is 17.3 Å². The molecule has 0 fully saturated rings. The molecule has 0 spiro atoms. The maximum absolute atomic E-state index is 7.46. The second kappa shape index (κ2) is 7.80. The molecule has 64 valence electrons. The molecule has 0 saturated carbocycles. The summed E-state index contributed by atoms with van der Waals surface area (Å²) in [5.74, 6) is 0. The van der Waals surface area contributed by atoms with Crippen LogP contribution in [0.5, 0.6) is 0 Å². The van der Waals surface area contributed by atoms with Gasteiger partial charge in [0, 0.05) is 17.7 Å². The van der Waals surface area contributed by atoms with E-state index in [2.05, 4.69) is 6.92 Å². The Kier molecular flexibility index (Phi) is 7.59. The van der Waals surface area contributed by atoms with Crippen molar-refractivity contribution in [3.05, 3.63) is 11.6 Å². The molecule has 0 rings (SSSR count). The Hall–Kier alpha value is -0.300. The summed E-state index contributed by atoms with van der Waals surface area (Å²) in [5.41, 5.74) is 2.27. The zero-order valence-corrected chi connectivity index (χ0v) is 7.82. The summed E-state index contributed by atoms with van der Waals surface area (Å²) in [6.45, 7) is 2.17. The maximum Gasteiger partial charge on any atom is 0.0127 e. The van der Waals surface area contributed by atoms with Crippen molar-refractivity contribution in [1.29, 1.82) is 5.41 Å². The molecular weight excluding hydrogens is 158 g/mol. The van der Waals surface area contributed by atoms with Crippen LogP contribution >= 0.6 is 11.6 Å². The Labute approximate surface area is 74.0 Å². The summed E-state index contributed by atoms with van der Waals surface area (Å²) in [6.07, 6.45) is 7.05. The van der Waals surface area contributed by atoms with Gasteiger partial charge in [-0.2, -0.15) is 0 Å². The molecule has 0 aromatic rings. The lowest BCUT2D eigenvalue weighted by molar-refractivity contribution is 0.737. The minimum atomic E-state index is 0.715. The van der Waals surface area contributed by atoms with Gasteiger partial charge in [0.05, 0.1) is 0 Å². The van der Waals surface area contributed by atoms with E-state index in [4.69, 9.17) is 17.0 Å². The second-order valence-corrected chi connectivity index (χ2v) is 2.88. The van der Waals surface area contributed by atoms with Gasteiger partial charge in [0.1, 0.15) is 0 Å². The highest BCUT2D eigenvalue weighted by molar-refractivity contribution is 6.25. The van der Waals surface area contributed by atoms with E-state index in [0.29, 0.717) is 6.42 Å². The van der Waals surface area contributed by atoms with Crippen molar-refractivity contribution in [3.63, 3.8) is 0 Å².